The summed E-state index contributed by atoms with van der Waals surface area (Å²) in [5.74, 6) is 0.947. The molecule has 2 N–H and O–H groups in total. The van der Waals surface area contributed by atoms with Crippen molar-refractivity contribution in [2.75, 3.05) is 12.4 Å². The first-order valence-electron chi connectivity index (χ1n) is 11.1. The number of carbonyl (C=O) groups excluding carboxylic acids is 2. The minimum absolute atomic E-state index is 0.0682. The molecule has 3 rings (SSSR count). The molecule has 6 nitrogen and oxygen atoms in total. The standard InChI is InChI=1S/C27H29N3O3S/c1-20-8-14-25(15-9-20)34-17-16-26(31)30-28-18-22-10-12-24(13-11-22)33-19-27(32)29-21(2)23-6-4-3-5-7-23/h3-15,18,21H,16-17,19H2,1-2H3,(H,29,32)(H,30,31)/b28-18-/t21-/m0/s1. The van der Waals surface area contributed by atoms with E-state index in [1.807, 2.05) is 56.3 Å². The minimum Gasteiger partial charge on any atom is -0.484 e. The largest absolute Gasteiger partial charge is 0.484 e. The third-order valence-electron chi connectivity index (χ3n) is 4.95. The molecule has 7 heteroatoms. The summed E-state index contributed by atoms with van der Waals surface area (Å²) in [5, 5.41) is 6.92. The van der Waals surface area contributed by atoms with Crippen LogP contribution in [-0.2, 0) is 9.59 Å². The molecular weight excluding hydrogens is 446 g/mol. The van der Waals surface area contributed by atoms with Crippen LogP contribution in [0.2, 0.25) is 0 Å². The van der Waals surface area contributed by atoms with Crippen LogP contribution in [0.5, 0.6) is 5.75 Å². The van der Waals surface area contributed by atoms with E-state index < -0.39 is 0 Å². The number of nitrogens with zero attached hydrogens (tertiary/aromatic N) is 1. The van der Waals surface area contributed by atoms with Gasteiger partial charge in [0.25, 0.3) is 5.91 Å². The molecule has 0 unspecified atom stereocenters. The van der Waals surface area contributed by atoms with Gasteiger partial charge in [0, 0.05) is 17.1 Å². The molecule has 0 fully saturated rings. The second kappa shape index (κ2) is 13.2. The van der Waals surface area contributed by atoms with Gasteiger partial charge in [0.2, 0.25) is 5.91 Å². The number of hydrogen-bond donors (Lipinski definition) is 2. The lowest BCUT2D eigenvalue weighted by Crippen LogP contribution is -2.31. The predicted molar refractivity (Wildman–Crippen MR) is 137 cm³/mol. The highest BCUT2D eigenvalue weighted by molar-refractivity contribution is 7.99. The monoisotopic (exact) mass is 475 g/mol. The average Bonchev–Trinajstić information content (AvgIpc) is 2.85. The number of nitrogens with one attached hydrogen (secondary N) is 2. The summed E-state index contributed by atoms with van der Waals surface area (Å²) >= 11 is 1.64. The van der Waals surface area contributed by atoms with Gasteiger partial charge in [0.15, 0.2) is 6.61 Å². The summed E-state index contributed by atoms with van der Waals surface area (Å²) in [7, 11) is 0. The van der Waals surface area contributed by atoms with Crippen LogP contribution < -0.4 is 15.5 Å². The van der Waals surface area contributed by atoms with Crippen LogP contribution in [0.1, 0.15) is 36.1 Å². The van der Waals surface area contributed by atoms with Crippen molar-refractivity contribution in [1.29, 1.82) is 0 Å². The molecule has 0 radical (unpaired) electrons. The van der Waals surface area contributed by atoms with Gasteiger partial charge in [0.1, 0.15) is 5.75 Å². The zero-order chi connectivity index (χ0) is 24.2. The van der Waals surface area contributed by atoms with Crippen molar-refractivity contribution in [2.24, 2.45) is 5.10 Å². The molecule has 0 heterocycles. The average molecular weight is 476 g/mol. The number of hydrogen-bond acceptors (Lipinski definition) is 5. The van der Waals surface area contributed by atoms with E-state index in [9.17, 15) is 9.59 Å². The molecule has 34 heavy (non-hydrogen) atoms. The number of thioether (sulfide) groups is 1. The van der Waals surface area contributed by atoms with Crippen LogP contribution in [0.15, 0.2) is 88.9 Å². The fourth-order valence-electron chi connectivity index (χ4n) is 3.04. The van der Waals surface area contributed by atoms with Crippen molar-refractivity contribution < 1.29 is 14.3 Å². The zero-order valence-corrected chi connectivity index (χ0v) is 20.2. The van der Waals surface area contributed by atoms with E-state index in [4.69, 9.17) is 4.74 Å². The normalized spacial score (nSPS) is 11.7. The Balaban J connectivity index is 1.34. The fourth-order valence-corrected chi connectivity index (χ4v) is 3.89. The molecule has 2 amide bonds. The number of benzene rings is 3. The van der Waals surface area contributed by atoms with Gasteiger partial charge in [-0.2, -0.15) is 5.10 Å². The minimum atomic E-state index is -0.190. The Hall–Kier alpha value is -3.58. The second-order valence-corrected chi connectivity index (χ2v) is 8.93. The van der Waals surface area contributed by atoms with E-state index in [2.05, 4.69) is 40.1 Å². The third kappa shape index (κ3) is 8.75. The maximum Gasteiger partial charge on any atom is 0.258 e. The van der Waals surface area contributed by atoms with Crippen molar-refractivity contribution in [3.63, 3.8) is 0 Å². The highest BCUT2D eigenvalue weighted by Crippen LogP contribution is 2.19. The first-order valence-corrected chi connectivity index (χ1v) is 12.1. The van der Waals surface area contributed by atoms with Crippen molar-refractivity contribution >= 4 is 29.8 Å². The summed E-state index contributed by atoms with van der Waals surface area (Å²) < 4.78 is 5.56. The summed E-state index contributed by atoms with van der Waals surface area (Å²) in [6, 6.07) is 25.0. The molecule has 0 bridgehead atoms. The predicted octanol–water partition coefficient (Wildman–Crippen LogP) is 4.88. The molecule has 0 aliphatic heterocycles. The lowest BCUT2D eigenvalue weighted by molar-refractivity contribution is -0.123. The number of ether oxygens (including phenoxy) is 1. The number of carbonyl (C=O) groups is 2. The van der Waals surface area contributed by atoms with E-state index in [1.165, 1.54) is 5.56 Å². The van der Waals surface area contributed by atoms with Gasteiger partial charge in [-0.05, 0) is 61.4 Å². The molecule has 176 valence electrons. The van der Waals surface area contributed by atoms with E-state index >= 15 is 0 Å². The van der Waals surface area contributed by atoms with Crippen LogP contribution >= 0.6 is 11.8 Å². The van der Waals surface area contributed by atoms with Crippen LogP contribution in [-0.4, -0.2) is 30.4 Å². The second-order valence-electron chi connectivity index (χ2n) is 7.76. The smallest absolute Gasteiger partial charge is 0.258 e. The molecule has 3 aromatic rings. The van der Waals surface area contributed by atoms with Gasteiger partial charge in [-0.25, -0.2) is 5.43 Å². The quantitative estimate of drug-likeness (QED) is 0.235. The maximum atomic E-state index is 12.1. The molecule has 1 atom stereocenters. The highest BCUT2D eigenvalue weighted by atomic mass is 32.2. The Morgan fingerprint density at radius 3 is 2.38 bits per heavy atom. The SMILES string of the molecule is Cc1ccc(SCCC(=O)N/N=C\c2ccc(OCC(=O)N[C@@H](C)c3ccccc3)cc2)cc1. The molecule has 0 spiro atoms. The van der Waals surface area contributed by atoms with Gasteiger partial charge in [-0.15, -0.1) is 11.8 Å². The number of aryl methyl sites for hydroxylation is 1. The van der Waals surface area contributed by atoms with Gasteiger partial charge >= 0.3 is 0 Å². The van der Waals surface area contributed by atoms with Gasteiger partial charge in [-0.1, -0.05) is 48.0 Å². The van der Waals surface area contributed by atoms with Crippen LogP contribution in [0, 0.1) is 6.92 Å². The molecular formula is C27H29N3O3S. The Morgan fingerprint density at radius 1 is 0.971 bits per heavy atom. The number of rotatable bonds is 11. The number of hydrazone groups is 1. The Morgan fingerprint density at radius 2 is 1.68 bits per heavy atom. The van der Waals surface area contributed by atoms with Gasteiger partial charge in [0.05, 0.1) is 12.3 Å². The lowest BCUT2D eigenvalue weighted by Gasteiger charge is -2.14. The van der Waals surface area contributed by atoms with Crippen LogP contribution in [0.25, 0.3) is 0 Å². The first kappa shape index (κ1) is 25.1. The molecule has 0 aromatic heterocycles. The summed E-state index contributed by atoms with van der Waals surface area (Å²) in [4.78, 5) is 25.2. The molecule has 3 aromatic carbocycles. The van der Waals surface area contributed by atoms with Crippen LogP contribution in [0.4, 0.5) is 0 Å². The molecule has 0 aliphatic rings. The van der Waals surface area contributed by atoms with Crippen molar-refractivity contribution in [3.05, 3.63) is 95.6 Å². The fraction of sp³-hybridized carbons (Fsp3) is 0.222. The summed E-state index contributed by atoms with van der Waals surface area (Å²) in [6.45, 7) is 3.91. The molecule has 0 saturated carbocycles. The lowest BCUT2D eigenvalue weighted by atomic mass is 10.1. The first-order chi connectivity index (χ1) is 16.5. The van der Waals surface area contributed by atoms with E-state index in [0.29, 0.717) is 17.9 Å². The van der Waals surface area contributed by atoms with Crippen molar-refractivity contribution in [2.45, 2.75) is 31.2 Å². The van der Waals surface area contributed by atoms with Crippen molar-refractivity contribution in [3.8, 4) is 5.75 Å². The van der Waals surface area contributed by atoms with E-state index in [-0.39, 0.29) is 24.5 Å². The van der Waals surface area contributed by atoms with Crippen LogP contribution in [0.3, 0.4) is 0 Å². The maximum absolute atomic E-state index is 12.1. The number of amides is 2. The van der Waals surface area contributed by atoms with E-state index in [0.717, 1.165) is 16.0 Å². The Bertz CT molecular complexity index is 1080. The van der Waals surface area contributed by atoms with Gasteiger partial charge < -0.3 is 10.1 Å². The summed E-state index contributed by atoms with van der Waals surface area (Å²) in [6.07, 6.45) is 1.96. The summed E-state index contributed by atoms with van der Waals surface area (Å²) in [5.41, 5.74) is 5.61. The van der Waals surface area contributed by atoms with E-state index in [1.54, 1.807) is 30.1 Å². The Labute approximate surface area is 204 Å². The zero-order valence-electron chi connectivity index (χ0n) is 19.4. The highest BCUT2D eigenvalue weighted by Gasteiger charge is 2.09. The Kier molecular flexibility index (Phi) is 9.73. The third-order valence-corrected chi connectivity index (χ3v) is 5.96. The topological polar surface area (TPSA) is 79.8 Å². The molecule has 0 saturated heterocycles. The van der Waals surface area contributed by atoms with Gasteiger partial charge in [-0.3, -0.25) is 9.59 Å². The molecule has 0 aliphatic carbocycles. The van der Waals surface area contributed by atoms with Crippen molar-refractivity contribution in [1.82, 2.24) is 10.7 Å².